The standard InChI is InChI=1S/C46H55N9O9S/c1-28(2)42(46(59)55-26-34(56)21-38(55)45(58)50-29(3)31-9-11-32(12-10-31)43-30(4)48-27-65-43)40-23-41(53-64-40)63-20-19-62-18-17-61-16-15-60-14-13-54-25-33(24-49-54)36-22-37(51-52-44(36)47)35-7-5-6-8-39(35)57/h5-12,22-25,27-29,34,38,42,56-57H,13-21,26H2,1-4H3,(H2,47,52)(H,50,58)/t29-,34+,38-,42-/m0/s1. The third kappa shape index (κ3) is 11.9. The van der Waals surface area contributed by atoms with Crippen LogP contribution in [0.15, 0.2) is 83.1 Å². The second kappa shape index (κ2) is 22.1. The smallest absolute Gasteiger partial charge is 0.254 e. The van der Waals surface area contributed by atoms with E-state index in [-0.39, 0.29) is 67.4 Å². The van der Waals surface area contributed by atoms with Gasteiger partial charge in [0.1, 0.15) is 24.3 Å². The van der Waals surface area contributed by atoms with E-state index in [2.05, 4.69) is 30.8 Å². The number of thiazole rings is 1. The zero-order valence-electron chi connectivity index (χ0n) is 36.8. The molecule has 18 nitrogen and oxygen atoms in total. The zero-order valence-corrected chi connectivity index (χ0v) is 37.6. The first-order valence-electron chi connectivity index (χ1n) is 21.5. The van der Waals surface area contributed by atoms with E-state index in [0.717, 1.165) is 27.3 Å². The molecule has 4 aromatic heterocycles. The number of hydrogen-bond donors (Lipinski definition) is 4. The number of likely N-dealkylation sites (tertiary alicyclic amines) is 1. The number of phenols is 1. The maximum atomic E-state index is 14.1. The van der Waals surface area contributed by atoms with Crippen LogP contribution in [0.4, 0.5) is 5.82 Å². The lowest BCUT2D eigenvalue weighted by Crippen LogP contribution is -2.48. The van der Waals surface area contributed by atoms with Crippen LogP contribution in [0.3, 0.4) is 0 Å². The molecule has 6 aromatic rings. The molecule has 1 aliphatic heterocycles. The molecule has 0 aliphatic carbocycles. The summed E-state index contributed by atoms with van der Waals surface area (Å²) in [6.07, 6.45) is 2.84. The number of carbonyl (C=O) groups is 2. The lowest BCUT2D eigenvalue weighted by molar-refractivity contribution is -0.141. The Bertz CT molecular complexity index is 2490. The summed E-state index contributed by atoms with van der Waals surface area (Å²) < 4.78 is 30.0. The van der Waals surface area contributed by atoms with Gasteiger partial charge in [-0.2, -0.15) is 5.10 Å². The molecule has 19 heteroatoms. The first kappa shape index (κ1) is 46.7. The molecule has 0 saturated carbocycles. The number of nitrogens with two attached hydrogens (primary N) is 1. The van der Waals surface area contributed by atoms with Crippen molar-refractivity contribution in [2.45, 2.75) is 64.8 Å². The van der Waals surface area contributed by atoms with Crippen molar-refractivity contribution in [1.82, 2.24) is 40.3 Å². The third-order valence-corrected chi connectivity index (χ3v) is 12.0. The summed E-state index contributed by atoms with van der Waals surface area (Å²) >= 11 is 1.58. The number of aromatic hydroxyl groups is 1. The summed E-state index contributed by atoms with van der Waals surface area (Å²) in [4.78, 5) is 34.6. The number of nitrogens with one attached hydrogen (secondary N) is 1. The molecule has 344 valence electrons. The molecule has 0 unspecified atom stereocenters. The average Bonchev–Trinajstić information content (AvgIpc) is 4.13. The van der Waals surface area contributed by atoms with Crippen LogP contribution in [-0.2, 0) is 30.3 Å². The molecule has 1 fully saturated rings. The molecular formula is C46H55N9O9S. The number of ether oxygens (including phenoxy) is 4. The van der Waals surface area contributed by atoms with Crippen molar-refractivity contribution < 1.29 is 43.3 Å². The Hall–Kier alpha value is -6.25. The molecular weight excluding hydrogens is 855 g/mol. The number of rotatable bonds is 22. The van der Waals surface area contributed by atoms with E-state index in [1.165, 1.54) is 4.90 Å². The number of nitrogens with zero attached hydrogens (tertiary/aromatic N) is 7. The third-order valence-electron chi connectivity index (χ3n) is 11.0. The van der Waals surface area contributed by atoms with E-state index in [1.807, 2.05) is 69.7 Å². The molecule has 65 heavy (non-hydrogen) atoms. The average molecular weight is 910 g/mol. The number of amides is 2. The van der Waals surface area contributed by atoms with Crippen molar-refractivity contribution in [3.05, 3.63) is 95.6 Å². The summed E-state index contributed by atoms with van der Waals surface area (Å²) in [5.74, 6) is -0.737. The zero-order chi connectivity index (χ0) is 45.9. The highest BCUT2D eigenvalue weighted by Gasteiger charge is 2.43. The lowest BCUT2D eigenvalue weighted by Gasteiger charge is -2.29. The van der Waals surface area contributed by atoms with Crippen LogP contribution >= 0.6 is 11.3 Å². The van der Waals surface area contributed by atoms with Gasteiger partial charge < -0.3 is 49.6 Å². The van der Waals surface area contributed by atoms with Crippen LogP contribution in [0.5, 0.6) is 11.6 Å². The Labute approximate surface area is 380 Å². The molecule has 1 aliphatic rings. The van der Waals surface area contributed by atoms with E-state index < -0.39 is 18.1 Å². The van der Waals surface area contributed by atoms with Gasteiger partial charge in [0, 0.05) is 41.9 Å². The van der Waals surface area contributed by atoms with Crippen molar-refractivity contribution in [3.63, 3.8) is 0 Å². The second-order valence-corrected chi connectivity index (χ2v) is 16.9. The lowest BCUT2D eigenvalue weighted by atomic mass is 9.91. The second-order valence-electron chi connectivity index (χ2n) is 16.0. The van der Waals surface area contributed by atoms with Gasteiger partial charge in [-0.1, -0.05) is 50.2 Å². The van der Waals surface area contributed by atoms with Crippen molar-refractivity contribution in [1.29, 1.82) is 0 Å². The van der Waals surface area contributed by atoms with E-state index in [4.69, 9.17) is 29.2 Å². The molecule has 7 rings (SSSR count). The Morgan fingerprint density at radius 2 is 1.66 bits per heavy atom. The summed E-state index contributed by atoms with van der Waals surface area (Å²) in [5.41, 5.74) is 13.4. The number of hydrogen-bond acceptors (Lipinski definition) is 16. The summed E-state index contributed by atoms with van der Waals surface area (Å²) in [5, 5.41) is 40.5. The topological polar surface area (TPSA) is 235 Å². The molecule has 0 radical (unpaired) electrons. The number of nitrogen functional groups attached to an aromatic ring is 1. The van der Waals surface area contributed by atoms with Gasteiger partial charge in [-0.3, -0.25) is 14.3 Å². The molecule has 2 amide bonds. The minimum atomic E-state index is -0.846. The highest BCUT2D eigenvalue weighted by atomic mass is 32.1. The van der Waals surface area contributed by atoms with Gasteiger partial charge in [0.05, 0.1) is 86.3 Å². The number of β-amino-alcohol motifs (C(OH)–C–C–N with tert-alkyl or cyclic N) is 1. The highest BCUT2D eigenvalue weighted by molar-refractivity contribution is 7.13. The van der Waals surface area contributed by atoms with Crippen molar-refractivity contribution in [2.75, 3.05) is 58.5 Å². The normalized spacial score (nSPS) is 15.9. The fourth-order valence-corrected chi connectivity index (χ4v) is 8.40. The van der Waals surface area contributed by atoms with E-state index in [1.54, 1.807) is 52.5 Å². The van der Waals surface area contributed by atoms with Crippen molar-refractivity contribution >= 4 is 29.0 Å². The van der Waals surface area contributed by atoms with Gasteiger partial charge in [0.25, 0.3) is 5.88 Å². The fourth-order valence-electron chi connectivity index (χ4n) is 7.59. The Morgan fingerprint density at radius 1 is 0.938 bits per heavy atom. The predicted octanol–water partition coefficient (Wildman–Crippen LogP) is 5.42. The van der Waals surface area contributed by atoms with Gasteiger partial charge in [0.2, 0.25) is 11.8 Å². The number of benzene rings is 2. The van der Waals surface area contributed by atoms with Crippen LogP contribution in [0.1, 0.15) is 56.2 Å². The SMILES string of the molecule is Cc1ncsc1-c1ccc([C@H](C)NC(=O)[C@@H]2C[C@@H](O)CN2C(=O)[C@H](c2cc(OCCOCCOCCOCCn3cc(-c4cc(-c5ccccc5O)nnc4N)cn3)no2)C(C)C)cc1. The van der Waals surface area contributed by atoms with E-state index >= 15 is 0 Å². The van der Waals surface area contributed by atoms with Gasteiger partial charge in [0.15, 0.2) is 11.6 Å². The number of aryl methyl sites for hydroxylation is 1. The monoisotopic (exact) mass is 909 g/mol. The van der Waals surface area contributed by atoms with E-state index in [9.17, 15) is 19.8 Å². The first-order valence-corrected chi connectivity index (χ1v) is 22.4. The number of phenolic OH excluding ortho intramolecular Hbond substituents is 1. The molecule has 4 atom stereocenters. The predicted molar refractivity (Wildman–Crippen MR) is 242 cm³/mol. The van der Waals surface area contributed by atoms with Gasteiger partial charge in [-0.25, -0.2) is 4.98 Å². The van der Waals surface area contributed by atoms with Crippen LogP contribution in [0, 0.1) is 12.8 Å². The number of carbonyl (C=O) groups excluding carboxylic acids is 2. The number of aromatic nitrogens is 6. The largest absolute Gasteiger partial charge is 0.507 e. The maximum Gasteiger partial charge on any atom is 0.254 e. The number of aliphatic hydroxyl groups is 1. The van der Waals surface area contributed by atoms with Crippen molar-refractivity contribution in [3.8, 4) is 44.5 Å². The molecule has 1 saturated heterocycles. The van der Waals surface area contributed by atoms with Crippen molar-refractivity contribution in [2.24, 2.45) is 5.92 Å². The molecule has 2 aromatic carbocycles. The minimum absolute atomic E-state index is 0.0322. The summed E-state index contributed by atoms with van der Waals surface area (Å²) in [6, 6.07) is 17.1. The van der Waals surface area contributed by atoms with Gasteiger partial charge >= 0.3 is 0 Å². The fraction of sp³-hybridized carbons (Fsp3) is 0.413. The quantitative estimate of drug-likeness (QED) is 0.0623. The molecule has 5 heterocycles. The number of anilines is 1. The molecule has 0 spiro atoms. The van der Waals surface area contributed by atoms with Crippen LogP contribution in [-0.4, -0.2) is 122 Å². The number of aliphatic hydroxyl groups excluding tert-OH is 1. The highest BCUT2D eigenvalue weighted by Crippen LogP contribution is 2.34. The van der Waals surface area contributed by atoms with Gasteiger partial charge in [-0.15, -0.1) is 21.5 Å². The van der Waals surface area contributed by atoms with Crippen LogP contribution in [0.25, 0.3) is 32.8 Å². The van der Waals surface area contributed by atoms with Crippen LogP contribution < -0.4 is 15.8 Å². The summed E-state index contributed by atoms with van der Waals surface area (Å²) in [7, 11) is 0. The molecule has 0 bridgehead atoms. The summed E-state index contributed by atoms with van der Waals surface area (Å²) in [6.45, 7) is 10.6. The minimum Gasteiger partial charge on any atom is -0.507 e. The number of para-hydroxylation sites is 1. The Balaban J connectivity index is 0.779. The first-order chi connectivity index (χ1) is 31.5. The Kier molecular flexibility index (Phi) is 15.9. The Morgan fingerprint density at radius 3 is 2.37 bits per heavy atom. The van der Waals surface area contributed by atoms with Gasteiger partial charge in [-0.05, 0) is 54.2 Å². The molecule has 5 N–H and O–H groups in total. The van der Waals surface area contributed by atoms with E-state index in [0.29, 0.717) is 62.2 Å². The maximum absolute atomic E-state index is 14.1. The van der Waals surface area contributed by atoms with Crippen LogP contribution in [0.2, 0.25) is 0 Å².